The van der Waals surface area contributed by atoms with Gasteiger partial charge in [0.05, 0.1) is 22.3 Å². The van der Waals surface area contributed by atoms with E-state index in [1.54, 1.807) is 0 Å². The van der Waals surface area contributed by atoms with Crippen LogP contribution in [0, 0.1) is 11.8 Å². The molecule has 2 atom stereocenters. The summed E-state index contributed by atoms with van der Waals surface area (Å²) in [7, 11) is 0. The molecule has 1 rings (SSSR count). The number of allylic oxidation sites excluding steroid dienone is 4. The van der Waals surface area contributed by atoms with Gasteiger partial charge in [-0.05, 0) is 101 Å². The van der Waals surface area contributed by atoms with Crippen molar-refractivity contribution in [3.63, 3.8) is 0 Å². The van der Waals surface area contributed by atoms with E-state index < -0.39 is 23.6 Å². The van der Waals surface area contributed by atoms with Gasteiger partial charge in [-0.1, -0.05) is 220 Å². The lowest BCUT2D eigenvalue weighted by Gasteiger charge is -2.20. The molecule has 0 spiro atoms. The van der Waals surface area contributed by atoms with Crippen LogP contribution in [0.3, 0.4) is 0 Å². The fraction of sp³-hybridized carbons (Fsp3) is 0.774. The van der Waals surface area contributed by atoms with Crippen LogP contribution in [0.1, 0.15) is 314 Å². The normalized spacial score (nSPS) is 12.4. The molecule has 402 valence electrons. The van der Waals surface area contributed by atoms with Crippen LogP contribution in [0.5, 0.6) is 0 Å². The topological polar surface area (TPSA) is 116 Å². The zero-order valence-electron chi connectivity index (χ0n) is 46.5. The lowest BCUT2D eigenvalue weighted by atomic mass is 9.94. The maximum absolute atomic E-state index is 14.1. The number of rotatable bonds is 48. The Kier molecular flexibility index (Phi) is 43.0. The molecule has 0 radical (unpaired) electrons. The highest BCUT2D eigenvalue weighted by atomic mass is 16.2. The Morgan fingerprint density at radius 3 is 0.886 bits per heavy atom. The van der Waals surface area contributed by atoms with E-state index in [1.807, 2.05) is 0 Å². The summed E-state index contributed by atoms with van der Waals surface area (Å²) >= 11 is 0. The lowest BCUT2D eigenvalue weighted by molar-refractivity contribution is 0.0903. The van der Waals surface area contributed by atoms with Crippen LogP contribution in [0.25, 0.3) is 0 Å². The standard InChI is InChI=1S/C62H110N4O4/c1-7-13-17-19-21-23-25-27-29-31-33-35-37-39-41-43-47-63-59(67)55-49-57(61(69)65-51-53(11-5)45-15-9-3)58(62(70)66-52-54(12-6)46-16-10-4)50-56(55)60(68)64-48-44-42-40-38-36-34-32-30-28-26-24-22-20-18-14-8-2/h27-30,49-50,53-54H,7-26,31-48,51-52H2,1-6H3,(H,63,67)(H,64,68)(H,65,69)(H,66,70)/b29-27-,30-28-. The zero-order valence-corrected chi connectivity index (χ0v) is 46.5. The third-order valence-corrected chi connectivity index (χ3v) is 14.3. The van der Waals surface area contributed by atoms with Crippen LogP contribution in [-0.4, -0.2) is 49.8 Å². The Morgan fingerprint density at radius 2 is 0.600 bits per heavy atom. The van der Waals surface area contributed by atoms with Crippen molar-refractivity contribution in [2.24, 2.45) is 11.8 Å². The highest BCUT2D eigenvalue weighted by Crippen LogP contribution is 2.21. The average Bonchev–Trinajstić information content (AvgIpc) is 3.37. The molecule has 0 aromatic heterocycles. The van der Waals surface area contributed by atoms with Crippen molar-refractivity contribution in [3.8, 4) is 0 Å². The Hall–Kier alpha value is -3.42. The van der Waals surface area contributed by atoms with Crippen LogP contribution in [0.15, 0.2) is 36.4 Å². The van der Waals surface area contributed by atoms with E-state index in [-0.39, 0.29) is 22.3 Å². The van der Waals surface area contributed by atoms with Crippen LogP contribution in [0.2, 0.25) is 0 Å². The molecule has 0 bridgehead atoms. The number of unbranched alkanes of at least 4 members (excludes halogenated alkanes) is 26. The van der Waals surface area contributed by atoms with Gasteiger partial charge in [0.1, 0.15) is 0 Å². The first-order valence-electron chi connectivity index (χ1n) is 29.9. The summed E-state index contributed by atoms with van der Waals surface area (Å²) in [5.41, 5.74) is 0.544. The van der Waals surface area contributed by atoms with E-state index >= 15 is 0 Å². The number of carbonyl (C=O) groups is 4. The molecule has 8 heteroatoms. The van der Waals surface area contributed by atoms with Crippen LogP contribution in [0.4, 0.5) is 0 Å². The second-order valence-electron chi connectivity index (χ2n) is 20.6. The molecule has 2 unspecified atom stereocenters. The predicted molar refractivity (Wildman–Crippen MR) is 301 cm³/mol. The highest BCUT2D eigenvalue weighted by molar-refractivity contribution is 6.14. The highest BCUT2D eigenvalue weighted by Gasteiger charge is 2.27. The van der Waals surface area contributed by atoms with Gasteiger partial charge in [0.15, 0.2) is 0 Å². The molecule has 70 heavy (non-hydrogen) atoms. The molecule has 0 fully saturated rings. The number of amides is 4. The van der Waals surface area contributed by atoms with E-state index in [2.05, 4.69) is 87.1 Å². The van der Waals surface area contributed by atoms with Crippen molar-refractivity contribution in [2.75, 3.05) is 26.2 Å². The minimum absolute atomic E-state index is 0.136. The smallest absolute Gasteiger partial charge is 0.252 e. The average molecular weight is 976 g/mol. The van der Waals surface area contributed by atoms with Crippen LogP contribution in [-0.2, 0) is 0 Å². The van der Waals surface area contributed by atoms with Gasteiger partial charge < -0.3 is 21.3 Å². The van der Waals surface area contributed by atoms with Gasteiger partial charge in [0.25, 0.3) is 23.6 Å². The monoisotopic (exact) mass is 975 g/mol. The van der Waals surface area contributed by atoms with Gasteiger partial charge in [-0.25, -0.2) is 0 Å². The second-order valence-corrected chi connectivity index (χ2v) is 20.6. The van der Waals surface area contributed by atoms with Crippen molar-refractivity contribution in [2.45, 2.75) is 273 Å². The minimum Gasteiger partial charge on any atom is -0.352 e. The molecule has 4 N–H and O–H groups in total. The van der Waals surface area contributed by atoms with Gasteiger partial charge in [0, 0.05) is 26.2 Å². The van der Waals surface area contributed by atoms with E-state index in [0.29, 0.717) is 38.0 Å². The minimum atomic E-state index is -0.392. The SMILES string of the molecule is CCCCCCCC/C=C\CCCCCCCCNC(=O)c1cc(C(=O)NCC(CC)CCCC)c(C(=O)NCC(CC)CCCC)cc1C(=O)NCCCCCCCC/C=C\CCCCCCCC. The van der Waals surface area contributed by atoms with Crippen molar-refractivity contribution in [3.05, 3.63) is 58.7 Å². The van der Waals surface area contributed by atoms with Crippen molar-refractivity contribution in [1.82, 2.24) is 21.3 Å². The lowest BCUT2D eigenvalue weighted by Crippen LogP contribution is -2.36. The predicted octanol–water partition coefficient (Wildman–Crippen LogP) is 17.1. The third kappa shape index (κ3) is 33.3. The van der Waals surface area contributed by atoms with E-state index in [9.17, 15) is 19.2 Å². The molecule has 0 heterocycles. The number of hydrogen-bond acceptors (Lipinski definition) is 4. The molecule has 1 aromatic rings. The van der Waals surface area contributed by atoms with Crippen LogP contribution < -0.4 is 21.3 Å². The molecule has 0 aliphatic carbocycles. The summed E-state index contributed by atoms with van der Waals surface area (Å²) in [4.78, 5) is 56.3. The zero-order chi connectivity index (χ0) is 51.1. The summed E-state index contributed by atoms with van der Waals surface area (Å²) in [6, 6.07) is 3.00. The van der Waals surface area contributed by atoms with Gasteiger partial charge >= 0.3 is 0 Å². The molecule has 0 aliphatic rings. The summed E-state index contributed by atoms with van der Waals surface area (Å²) < 4.78 is 0. The maximum atomic E-state index is 14.1. The third-order valence-electron chi connectivity index (χ3n) is 14.3. The summed E-state index contributed by atoms with van der Waals surface area (Å²) in [6.07, 6.45) is 51.6. The van der Waals surface area contributed by atoms with Gasteiger partial charge in [-0.15, -0.1) is 0 Å². The van der Waals surface area contributed by atoms with Gasteiger partial charge in [-0.2, -0.15) is 0 Å². The first kappa shape index (κ1) is 64.6. The van der Waals surface area contributed by atoms with E-state index in [1.165, 1.54) is 141 Å². The molecular weight excluding hydrogens is 865 g/mol. The van der Waals surface area contributed by atoms with Crippen molar-refractivity contribution in [1.29, 1.82) is 0 Å². The van der Waals surface area contributed by atoms with Crippen molar-refractivity contribution < 1.29 is 19.2 Å². The molecule has 4 amide bonds. The molecule has 0 aliphatic heterocycles. The fourth-order valence-corrected chi connectivity index (χ4v) is 9.24. The molecule has 8 nitrogen and oxygen atoms in total. The summed E-state index contributed by atoms with van der Waals surface area (Å²) in [5, 5.41) is 12.3. The number of hydrogen-bond donors (Lipinski definition) is 4. The Bertz CT molecular complexity index is 1410. The Labute approximate surface area is 431 Å². The number of nitrogens with one attached hydrogen (secondary N) is 4. The molecule has 1 aromatic carbocycles. The molecule has 0 saturated heterocycles. The van der Waals surface area contributed by atoms with Gasteiger partial charge in [0.2, 0.25) is 0 Å². The van der Waals surface area contributed by atoms with Gasteiger partial charge in [-0.3, -0.25) is 19.2 Å². The van der Waals surface area contributed by atoms with E-state index in [0.717, 1.165) is 103 Å². The first-order chi connectivity index (χ1) is 34.3. The fourth-order valence-electron chi connectivity index (χ4n) is 9.24. The quantitative estimate of drug-likeness (QED) is 0.0384. The first-order valence-corrected chi connectivity index (χ1v) is 29.9. The summed E-state index contributed by atoms with van der Waals surface area (Å²) in [5.74, 6) is -0.937. The molecule has 0 saturated carbocycles. The molecular formula is C62H110N4O4. The van der Waals surface area contributed by atoms with Crippen LogP contribution >= 0.6 is 0 Å². The Balaban J connectivity index is 3.00. The van der Waals surface area contributed by atoms with E-state index in [4.69, 9.17) is 0 Å². The largest absolute Gasteiger partial charge is 0.352 e. The maximum Gasteiger partial charge on any atom is 0.252 e. The number of benzene rings is 1. The van der Waals surface area contributed by atoms with Crippen molar-refractivity contribution >= 4 is 23.6 Å². The number of carbonyl (C=O) groups excluding carboxylic acids is 4. The summed E-state index contributed by atoms with van der Waals surface area (Å²) in [6.45, 7) is 15.1. The second kappa shape index (κ2) is 46.6. The Morgan fingerprint density at radius 1 is 0.343 bits per heavy atom.